The van der Waals surface area contributed by atoms with Gasteiger partial charge in [-0.1, -0.05) is 6.07 Å². The van der Waals surface area contributed by atoms with Crippen LogP contribution in [0.1, 0.15) is 32.6 Å². The van der Waals surface area contributed by atoms with Gasteiger partial charge in [-0.25, -0.2) is 4.98 Å². The molecule has 3 heterocycles. The number of likely N-dealkylation sites (tertiary alicyclic amines) is 1. The van der Waals surface area contributed by atoms with Crippen LogP contribution in [-0.2, 0) is 14.4 Å². The number of hydrogen-bond donors (Lipinski definition) is 1. The molecule has 1 N–H and O–H groups in total. The number of carboxylic acid groups (broad SMARTS) is 1. The zero-order valence-electron chi connectivity index (χ0n) is 16.3. The van der Waals surface area contributed by atoms with Crippen LogP contribution in [0, 0.1) is 5.92 Å². The zero-order chi connectivity index (χ0) is 20.1. The molecule has 28 heavy (non-hydrogen) atoms. The Morgan fingerprint density at radius 1 is 1.07 bits per heavy atom. The van der Waals surface area contributed by atoms with E-state index < -0.39 is 11.9 Å². The van der Waals surface area contributed by atoms with Crippen LogP contribution in [-0.4, -0.2) is 76.4 Å². The summed E-state index contributed by atoms with van der Waals surface area (Å²) in [6.07, 6.45) is 3.35. The molecule has 0 bridgehead atoms. The molecule has 0 saturated carbocycles. The number of piperidine rings is 1. The topological polar surface area (TPSA) is 94.0 Å². The Labute approximate surface area is 165 Å². The standard InChI is InChI=1S/C20H28N4O4/c1-15-16(20(27)28)5-4-10-24(15)19(26)8-7-18(25)23-13-11-22(12-14-23)17-6-2-3-9-21-17/h2-3,6,9,15-16H,4-5,7-8,10-14H2,1H3,(H,27,28)/t15-,16-/m1/s1. The molecule has 8 heteroatoms. The molecule has 0 unspecified atom stereocenters. The summed E-state index contributed by atoms with van der Waals surface area (Å²) in [6, 6.07) is 5.46. The number of carbonyl (C=O) groups excluding carboxylic acids is 2. The van der Waals surface area contributed by atoms with Crippen LogP contribution in [0.5, 0.6) is 0 Å². The van der Waals surface area contributed by atoms with Crippen molar-refractivity contribution in [1.82, 2.24) is 14.8 Å². The molecular weight excluding hydrogens is 360 g/mol. The maximum absolute atomic E-state index is 12.5. The average molecular weight is 388 g/mol. The number of amides is 2. The van der Waals surface area contributed by atoms with Crippen molar-refractivity contribution < 1.29 is 19.5 Å². The number of carboxylic acids is 1. The molecule has 2 saturated heterocycles. The Kier molecular flexibility index (Phi) is 6.49. The summed E-state index contributed by atoms with van der Waals surface area (Å²) in [5.74, 6) is -0.607. The van der Waals surface area contributed by atoms with E-state index in [-0.39, 0.29) is 30.7 Å². The lowest BCUT2D eigenvalue weighted by atomic mass is 9.90. The first-order chi connectivity index (χ1) is 13.5. The molecule has 0 aliphatic carbocycles. The van der Waals surface area contributed by atoms with Crippen molar-refractivity contribution >= 4 is 23.6 Å². The number of aromatic nitrogens is 1. The minimum absolute atomic E-state index is 0.0199. The number of piperazine rings is 1. The predicted octanol–water partition coefficient (Wildman–Crippen LogP) is 1.22. The lowest BCUT2D eigenvalue weighted by molar-refractivity contribution is -0.149. The molecule has 3 rings (SSSR count). The Bertz CT molecular complexity index is 703. The first kappa shape index (κ1) is 20.1. The highest BCUT2D eigenvalue weighted by atomic mass is 16.4. The van der Waals surface area contributed by atoms with Crippen LogP contribution >= 0.6 is 0 Å². The number of pyridine rings is 1. The predicted molar refractivity (Wildman–Crippen MR) is 104 cm³/mol. The summed E-state index contributed by atoms with van der Waals surface area (Å²) >= 11 is 0. The van der Waals surface area contributed by atoms with E-state index in [1.807, 2.05) is 18.2 Å². The first-order valence-electron chi connectivity index (χ1n) is 9.93. The van der Waals surface area contributed by atoms with Gasteiger partial charge in [0.15, 0.2) is 0 Å². The van der Waals surface area contributed by atoms with Crippen molar-refractivity contribution in [3.05, 3.63) is 24.4 Å². The maximum Gasteiger partial charge on any atom is 0.308 e. The fourth-order valence-corrected chi connectivity index (χ4v) is 4.07. The Morgan fingerprint density at radius 3 is 2.43 bits per heavy atom. The van der Waals surface area contributed by atoms with E-state index in [1.165, 1.54) is 0 Å². The molecule has 0 spiro atoms. The SMILES string of the molecule is C[C@@H]1[C@H](C(=O)O)CCCN1C(=O)CCC(=O)N1CCN(c2ccccn2)CC1. The van der Waals surface area contributed by atoms with Gasteiger partial charge in [-0.2, -0.15) is 0 Å². The van der Waals surface area contributed by atoms with Gasteiger partial charge < -0.3 is 19.8 Å². The van der Waals surface area contributed by atoms with Crippen LogP contribution in [0.15, 0.2) is 24.4 Å². The highest BCUT2D eigenvalue weighted by Gasteiger charge is 2.35. The summed E-state index contributed by atoms with van der Waals surface area (Å²) < 4.78 is 0. The van der Waals surface area contributed by atoms with Crippen LogP contribution in [0.3, 0.4) is 0 Å². The van der Waals surface area contributed by atoms with Gasteiger partial charge in [0.2, 0.25) is 11.8 Å². The summed E-state index contributed by atoms with van der Waals surface area (Å²) in [7, 11) is 0. The highest BCUT2D eigenvalue weighted by molar-refractivity contribution is 5.84. The number of hydrogen-bond acceptors (Lipinski definition) is 5. The fraction of sp³-hybridized carbons (Fsp3) is 0.600. The highest BCUT2D eigenvalue weighted by Crippen LogP contribution is 2.24. The largest absolute Gasteiger partial charge is 0.481 e. The van der Waals surface area contributed by atoms with Gasteiger partial charge in [-0.15, -0.1) is 0 Å². The molecule has 2 aliphatic rings. The summed E-state index contributed by atoms with van der Waals surface area (Å²) in [4.78, 5) is 46.3. The van der Waals surface area contributed by atoms with E-state index in [0.29, 0.717) is 32.5 Å². The Hall–Kier alpha value is -2.64. The summed E-state index contributed by atoms with van der Waals surface area (Å²) in [5.41, 5.74) is 0. The third-order valence-corrected chi connectivity index (χ3v) is 5.78. The first-order valence-corrected chi connectivity index (χ1v) is 9.93. The van der Waals surface area contributed by atoms with E-state index in [2.05, 4.69) is 9.88 Å². The van der Waals surface area contributed by atoms with Gasteiger partial charge in [0, 0.05) is 57.8 Å². The fourth-order valence-electron chi connectivity index (χ4n) is 4.07. The molecule has 152 valence electrons. The zero-order valence-corrected chi connectivity index (χ0v) is 16.3. The number of rotatable bonds is 5. The molecule has 2 fully saturated rings. The number of anilines is 1. The molecule has 0 radical (unpaired) electrons. The second-order valence-electron chi connectivity index (χ2n) is 7.47. The van der Waals surface area contributed by atoms with Crippen molar-refractivity contribution in [2.75, 3.05) is 37.6 Å². The van der Waals surface area contributed by atoms with Gasteiger partial charge in [0.25, 0.3) is 0 Å². The number of aliphatic carboxylic acids is 1. The minimum atomic E-state index is -0.855. The van der Waals surface area contributed by atoms with E-state index in [1.54, 1.807) is 22.9 Å². The third-order valence-electron chi connectivity index (χ3n) is 5.78. The lowest BCUT2D eigenvalue weighted by Crippen LogP contribution is -2.50. The average Bonchev–Trinajstić information content (AvgIpc) is 2.72. The molecule has 2 amide bonds. The maximum atomic E-state index is 12.5. The summed E-state index contributed by atoms with van der Waals surface area (Å²) in [6.45, 7) is 5.03. The molecule has 1 aromatic heterocycles. The molecule has 2 atom stereocenters. The van der Waals surface area contributed by atoms with Crippen LogP contribution in [0.2, 0.25) is 0 Å². The van der Waals surface area contributed by atoms with Crippen molar-refractivity contribution in [2.45, 2.75) is 38.6 Å². The van der Waals surface area contributed by atoms with Crippen molar-refractivity contribution in [2.24, 2.45) is 5.92 Å². The Morgan fingerprint density at radius 2 is 1.79 bits per heavy atom. The minimum Gasteiger partial charge on any atom is -0.481 e. The van der Waals surface area contributed by atoms with Gasteiger partial charge in [0.05, 0.1) is 5.92 Å². The van der Waals surface area contributed by atoms with Crippen LogP contribution in [0.25, 0.3) is 0 Å². The quantitative estimate of drug-likeness (QED) is 0.815. The lowest BCUT2D eigenvalue weighted by Gasteiger charge is -2.38. The third kappa shape index (κ3) is 4.61. The molecule has 8 nitrogen and oxygen atoms in total. The van der Waals surface area contributed by atoms with E-state index in [9.17, 15) is 19.5 Å². The number of carbonyl (C=O) groups is 3. The smallest absolute Gasteiger partial charge is 0.308 e. The van der Waals surface area contributed by atoms with Crippen LogP contribution in [0.4, 0.5) is 5.82 Å². The normalized spacial score (nSPS) is 22.8. The van der Waals surface area contributed by atoms with Gasteiger partial charge in [-0.3, -0.25) is 14.4 Å². The molecular formula is C20H28N4O4. The molecule has 2 aliphatic heterocycles. The van der Waals surface area contributed by atoms with E-state index >= 15 is 0 Å². The van der Waals surface area contributed by atoms with Crippen molar-refractivity contribution in [1.29, 1.82) is 0 Å². The molecule has 1 aromatic rings. The number of nitrogens with zero attached hydrogens (tertiary/aromatic N) is 4. The van der Waals surface area contributed by atoms with Crippen LogP contribution < -0.4 is 4.90 Å². The van der Waals surface area contributed by atoms with Crippen molar-refractivity contribution in [3.8, 4) is 0 Å². The van der Waals surface area contributed by atoms with Gasteiger partial charge in [0.1, 0.15) is 5.82 Å². The summed E-state index contributed by atoms with van der Waals surface area (Å²) in [5, 5.41) is 9.29. The molecule has 0 aromatic carbocycles. The second kappa shape index (κ2) is 9.03. The van der Waals surface area contributed by atoms with E-state index in [0.717, 1.165) is 18.9 Å². The van der Waals surface area contributed by atoms with Gasteiger partial charge >= 0.3 is 5.97 Å². The second-order valence-corrected chi connectivity index (χ2v) is 7.47. The van der Waals surface area contributed by atoms with Crippen molar-refractivity contribution in [3.63, 3.8) is 0 Å². The monoisotopic (exact) mass is 388 g/mol. The van der Waals surface area contributed by atoms with Gasteiger partial charge in [-0.05, 0) is 31.9 Å². The van der Waals surface area contributed by atoms with E-state index in [4.69, 9.17) is 0 Å². The Balaban J connectivity index is 1.45.